The quantitative estimate of drug-likeness (QED) is 0.442. The molecule has 0 saturated carbocycles. The molecule has 0 spiro atoms. The number of hydrogen-bond acceptors (Lipinski definition) is 3. The topological polar surface area (TPSA) is 40.5 Å². The fourth-order valence-electron chi connectivity index (χ4n) is 5.53. The lowest BCUT2D eigenvalue weighted by molar-refractivity contribution is 0.280. The number of phenols is 2. The average molecular weight is 471 g/mol. The van der Waals surface area contributed by atoms with Crippen molar-refractivity contribution in [1.29, 1.82) is 0 Å². The van der Waals surface area contributed by atoms with E-state index in [1.165, 1.54) is 20.9 Å². The molecular formula is C30H46O2S. The van der Waals surface area contributed by atoms with Crippen molar-refractivity contribution in [1.82, 2.24) is 0 Å². The van der Waals surface area contributed by atoms with Gasteiger partial charge in [-0.05, 0) is 94.9 Å². The Labute approximate surface area is 207 Å². The molecule has 2 rings (SSSR count). The highest BCUT2D eigenvalue weighted by Crippen LogP contribution is 2.48. The first-order valence-corrected chi connectivity index (χ1v) is 12.9. The molecule has 0 atom stereocenters. The normalized spacial score (nSPS) is 13.5. The van der Waals surface area contributed by atoms with Gasteiger partial charge in [0, 0.05) is 9.79 Å². The molecule has 0 aromatic heterocycles. The van der Waals surface area contributed by atoms with Crippen LogP contribution in [-0.2, 0) is 10.8 Å². The first-order valence-electron chi connectivity index (χ1n) is 12.1. The smallest absolute Gasteiger partial charge is 0.118 e. The van der Waals surface area contributed by atoms with Crippen LogP contribution in [-0.4, -0.2) is 10.2 Å². The molecule has 0 aliphatic heterocycles. The Kier molecular flexibility index (Phi) is 7.71. The Morgan fingerprint density at radius 2 is 0.879 bits per heavy atom. The van der Waals surface area contributed by atoms with E-state index in [-0.39, 0.29) is 21.7 Å². The largest absolute Gasteiger partial charge is 0.508 e. The van der Waals surface area contributed by atoms with Crippen molar-refractivity contribution in [2.45, 2.75) is 117 Å². The summed E-state index contributed by atoms with van der Waals surface area (Å²) in [5.74, 6) is 0.706. The number of aryl methyl sites for hydroxylation is 2. The molecule has 3 heteroatoms. The second-order valence-electron chi connectivity index (χ2n) is 13.6. The summed E-state index contributed by atoms with van der Waals surface area (Å²) >= 11 is 1.77. The van der Waals surface area contributed by atoms with E-state index >= 15 is 0 Å². The lowest BCUT2D eigenvalue weighted by atomic mass is 9.72. The van der Waals surface area contributed by atoms with Gasteiger partial charge in [-0.15, -0.1) is 0 Å². The van der Waals surface area contributed by atoms with Crippen molar-refractivity contribution >= 4 is 11.8 Å². The zero-order valence-electron chi connectivity index (χ0n) is 23.0. The Balaban J connectivity index is 2.68. The van der Waals surface area contributed by atoms with Gasteiger partial charge in [-0.2, -0.15) is 0 Å². The molecule has 184 valence electrons. The summed E-state index contributed by atoms with van der Waals surface area (Å²) in [5.41, 5.74) is 4.27. The van der Waals surface area contributed by atoms with E-state index in [1.807, 2.05) is 26.0 Å². The van der Waals surface area contributed by atoms with Gasteiger partial charge in [0.2, 0.25) is 0 Å². The van der Waals surface area contributed by atoms with E-state index in [0.29, 0.717) is 11.5 Å². The predicted octanol–water partition coefficient (Wildman–Crippen LogP) is 9.29. The summed E-state index contributed by atoms with van der Waals surface area (Å²) in [6.45, 7) is 26.7. The summed E-state index contributed by atoms with van der Waals surface area (Å²) in [4.78, 5) is 2.36. The average Bonchev–Trinajstić information content (AvgIpc) is 2.56. The van der Waals surface area contributed by atoms with Crippen LogP contribution in [0.3, 0.4) is 0 Å². The number of aromatic hydroxyl groups is 2. The van der Waals surface area contributed by atoms with Crippen LogP contribution in [0, 0.1) is 24.7 Å². The Hall–Kier alpha value is -1.61. The van der Waals surface area contributed by atoms with Gasteiger partial charge in [0.25, 0.3) is 0 Å². The SMILES string of the molecule is Cc1cc(Sc2cc(C)c(O)cc2C(C)(C)CC(C)(C)C)c(C(C)(C)CC(C)(C)C)cc1O. The fourth-order valence-corrected chi connectivity index (χ4v) is 7.13. The first-order chi connectivity index (χ1) is 14.7. The molecule has 0 heterocycles. The zero-order chi connectivity index (χ0) is 25.6. The van der Waals surface area contributed by atoms with E-state index in [9.17, 15) is 10.2 Å². The standard InChI is InChI=1S/C30H46O2S/c1-19-13-25(21(15-23(19)31)29(9,10)17-27(3,4)5)33-26-14-20(2)24(32)16-22(26)30(11,12)18-28(6,7)8/h13-16,31-32H,17-18H2,1-12H3. The molecule has 0 bridgehead atoms. The van der Waals surface area contributed by atoms with Crippen molar-refractivity contribution in [3.8, 4) is 11.5 Å². The molecule has 2 N–H and O–H groups in total. The van der Waals surface area contributed by atoms with Crippen LogP contribution in [0.25, 0.3) is 0 Å². The molecule has 0 fully saturated rings. The van der Waals surface area contributed by atoms with E-state index < -0.39 is 0 Å². The molecule has 2 nitrogen and oxygen atoms in total. The van der Waals surface area contributed by atoms with Crippen LogP contribution in [0.5, 0.6) is 11.5 Å². The van der Waals surface area contributed by atoms with Crippen molar-refractivity contribution in [3.63, 3.8) is 0 Å². The molecule has 0 aliphatic carbocycles. The first kappa shape index (κ1) is 27.6. The molecule has 2 aromatic carbocycles. The van der Waals surface area contributed by atoms with Crippen molar-refractivity contribution < 1.29 is 10.2 Å². The van der Waals surface area contributed by atoms with Crippen LogP contribution in [0.4, 0.5) is 0 Å². The summed E-state index contributed by atoms with van der Waals surface area (Å²) < 4.78 is 0. The fraction of sp³-hybridized carbons (Fsp3) is 0.600. The Morgan fingerprint density at radius 3 is 1.15 bits per heavy atom. The van der Waals surface area contributed by atoms with Crippen molar-refractivity contribution in [2.24, 2.45) is 10.8 Å². The number of phenolic OH excluding ortho intramolecular Hbond substituents is 2. The third kappa shape index (κ3) is 7.18. The molecule has 0 aliphatic rings. The molecule has 33 heavy (non-hydrogen) atoms. The highest BCUT2D eigenvalue weighted by atomic mass is 32.2. The van der Waals surface area contributed by atoms with Crippen LogP contribution >= 0.6 is 11.8 Å². The second kappa shape index (κ2) is 9.21. The summed E-state index contributed by atoms with van der Waals surface area (Å²) in [6.07, 6.45) is 2.01. The van der Waals surface area contributed by atoms with E-state index in [4.69, 9.17) is 0 Å². The number of rotatable bonds is 6. The third-order valence-corrected chi connectivity index (χ3v) is 7.33. The van der Waals surface area contributed by atoms with Crippen LogP contribution < -0.4 is 0 Å². The molecule has 2 aromatic rings. The predicted molar refractivity (Wildman–Crippen MR) is 144 cm³/mol. The highest BCUT2D eigenvalue weighted by Gasteiger charge is 2.33. The van der Waals surface area contributed by atoms with Gasteiger partial charge in [-0.3, -0.25) is 0 Å². The maximum atomic E-state index is 10.6. The van der Waals surface area contributed by atoms with E-state index in [0.717, 1.165) is 24.0 Å². The minimum absolute atomic E-state index is 0.0984. The van der Waals surface area contributed by atoms with Gasteiger partial charge in [0.05, 0.1) is 0 Å². The van der Waals surface area contributed by atoms with E-state index in [1.54, 1.807) is 11.8 Å². The number of benzene rings is 2. The van der Waals surface area contributed by atoms with Crippen LogP contribution in [0.15, 0.2) is 34.1 Å². The third-order valence-electron chi connectivity index (χ3n) is 6.22. The highest BCUT2D eigenvalue weighted by molar-refractivity contribution is 7.99. The molecule has 0 radical (unpaired) electrons. The van der Waals surface area contributed by atoms with Gasteiger partial charge in [-0.1, -0.05) is 81.0 Å². The van der Waals surface area contributed by atoms with Crippen molar-refractivity contribution in [2.75, 3.05) is 0 Å². The summed E-state index contributed by atoms with van der Waals surface area (Å²) in [7, 11) is 0. The zero-order valence-corrected chi connectivity index (χ0v) is 23.8. The summed E-state index contributed by atoms with van der Waals surface area (Å²) in [5, 5.41) is 21.2. The van der Waals surface area contributed by atoms with Gasteiger partial charge in [-0.25, -0.2) is 0 Å². The van der Waals surface area contributed by atoms with Crippen LogP contribution in [0.1, 0.15) is 104 Å². The van der Waals surface area contributed by atoms with Gasteiger partial charge in [0.1, 0.15) is 11.5 Å². The lowest BCUT2D eigenvalue weighted by Gasteiger charge is -2.36. The second-order valence-corrected chi connectivity index (χ2v) is 14.7. The Bertz CT molecular complexity index is 920. The molecular weight excluding hydrogens is 424 g/mol. The maximum Gasteiger partial charge on any atom is 0.118 e. The molecule has 0 saturated heterocycles. The monoisotopic (exact) mass is 470 g/mol. The number of hydrogen-bond donors (Lipinski definition) is 2. The maximum absolute atomic E-state index is 10.6. The minimum atomic E-state index is -0.0984. The lowest BCUT2D eigenvalue weighted by Crippen LogP contribution is -2.26. The molecule has 0 unspecified atom stereocenters. The van der Waals surface area contributed by atoms with Gasteiger partial charge >= 0.3 is 0 Å². The van der Waals surface area contributed by atoms with E-state index in [2.05, 4.69) is 81.4 Å². The van der Waals surface area contributed by atoms with Gasteiger partial charge < -0.3 is 10.2 Å². The summed E-state index contributed by atoms with van der Waals surface area (Å²) in [6, 6.07) is 8.19. The van der Waals surface area contributed by atoms with Crippen LogP contribution in [0.2, 0.25) is 0 Å². The van der Waals surface area contributed by atoms with Crippen molar-refractivity contribution in [3.05, 3.63) is 46.5 Å². The Morgan fingerprint density at radius 1 is 0.576 bits per heavy atom. The molecule has 0 amide bonds. The van der Waals surface area contributed by atoms with Gasteiger partial charge in [0.15, 0.2) is 0 Å². The minimum Gasteiger partial charge on any atom is -0.508 e.